The van der Waals surface area contributed by atoms with Crippen LogP contribution < -0.4 is 5.32 Å². The van der Waals surface area contributed by atoms with Crippen molar-refractivity contribution in [1.29, 1.82) is 0 Å². The van der Waals surface area contributed by atoms with Gasteiger partial charge in [-0.05, 0) is 54.1 Å². The zero-order valence-electron chi connectivity index (χ0n) is 12.4. The number of nitrogens with zero attached hydrogens (tertiary/aromatic N) is 2. The van der Waals surface area contributed by atoms with Gasteiger partial charge in [-0.2, -0.15) is 5.10 Å². The number of aromatic nitrogens is 2. The van der Waals surface area contributed by atoms with Crippen molar-refractivity contribution >= 4 is 34.8 Å². The number of carbonyl (C=O) groups is 1. The molecule has 122 valence electrons. The molecule has 0 bridgehead atoms. The van der Waals surface area contributed by atoms with Gasteiger partial charge in [0, 0.05) is 28.1 Å². The molecule has 2 aromatic carbocycles. The molecule has 24 heavy (non-hydrogen) atoms. The molecule has 0 aliphatic heterocycles. The van der Waals surface area contributed by atoms with Crippen LogP contribution >= 0.6 is 23.2 Å². The second kappa shape index (κ2) is 7.05. The van der Waals surface area contributed by atoms with E-state index < -0.39 is 12.0 Å². The van der Waals surface area contributed by atoms with Crippen LogP contribution in [0.25, 0.3) is 5.69 Å². The summed E-state index contributed by atoms with van der Waals surface area (Å²) in [5.74, 6) is -0.569. The molecule has 1 aromatic heterocycles. The summed E-state index contributed by atoms with van der Waals surface area (Å²) in [4.78, 5) is 12.2. The van der Waals surface area contributed by atoms with Gasteiger partial charge >= 0.3 is 0 Å². The quantitative estimate of drug-likeness (QED) is 0.741. The summed E-state index contributed by atoms with van der Waals surface area (Å²) in [5, 5.41) is 17.6. The first kappa shape index (κ1) is 16.5. The lowest BCUT2D eigenvalue weighted by Gasteiger charge is -2.13. The molecule has 1 amide bonds. The summed E-state index contributed by atoms with van der Waals surface area (Å²) in [6, 6.07) is 13.4. The molecular formula is C17H13Cl2N3O2. The molecule has 2 N–H and O–H groups in total. The summed E-state index contributed by atoms with van der Waals surface area (Å²) in [5.41, 5.74) is 1.75. The van der Waals surface area contributed by atoms with Crippen molar-refractivity contribution in [2.24, 2.45) is 0 Å². The van der Waals surface area contributed by atoms with Crippen LogP contribution in [0.2, 0.25) is 10.0 Å². The van der Waals surface area contributed by atoms with Crippen molar-refractivity contribution in [3.63, 3.8) is 0 Å². The second-order valence-electron chi connectivity index (χ2n) is 5.09. The Labute approximate surface area is 148 Å². The predicted octanol–water partition coefficient (Wildman–Crippen LogP) is 3.85. The number of benzene rings is 2. The first-order valence-electron chi connectivity index (χ1n) is 7.08. The van der Waals surface area contributed by atoms with Gasteiger partial charge in [-0.25, -0.2) is 4.68 Å². The maximum atomic E-state index is 12.2. The van der Waals surface area contributed by atoms with Crippen molar-refractivity contribution in [1.82, 2.24) is 9.78 Å². The fraction of sp³-hybridized carbons (Fsp3) is 0.0588. The summed E-state index contributed by atoms with van der Waals surface area (Å²) >= 11 is 11.8. The van der Waals surface area contributed by atoms with E-state index in [-0.39, 0.29) is 0 Å². The topological polar surface area (TPSA) is 67.2 Å². The van der Waals surface area contributed by atoms with E-state index in [1.807, 2.05) is 24.4 Å². The number of nitrogens with one attached hydrogen (secondary N) is 1. The van der Waals surface area contributed by atoms with Crippen LogP contribution in [0, 0.1) is 0 Å². The van der Waals surface area contributed by atoms with E-state index in [0.717, 1.165) is 5.69 Å². The molecular weight excluding hydrogens is 349 g/mol. The highest BCUT2D eigenvalue weighted by Gasteiger charge is 2.18. The summed E-state index contributed by atoms with van der Waals surface area (Å²) in [7, 11) is 0. The fourth-order valence-corrected chi connectivity index (χ4v) is 2.76. The first-order chi connectivity index (χ1) is 11.5. The van der Waals surface area contributed by atoms with Crippen LogP contribution in [-0.4, -0.2) is 20.8 Å². The average Bonchev–Trinajstić information content (AvgIpc) is 3.08. The van der Waals surface area contributed by atoms with Gasteiger partial charge in [0.15, 0.2) is 6.10 Å². The lowest BCUT2D eigenvalue weighted by molar-refractivity contribution is -0.124. The second-order valence-corrected chi connectivity index (χ2v) is 5.96. The molecule has 0 fully saturated rings. The van der Waals surface area contributed by atoms with Crippen molar-refractivity contribution in [3.05, 3.63) is 76.5 Å². The van der Waals surface area contributed by atoms with E-state index >= 15 is 0 Å². The van der Waals surface area contributed by atoms with Crippen molar-refractivity contribution < 1.29 is 9.90 Å². The van der Waals surface area contributed by atoms with Crippen molar-refractivity contribution in [2.75, 3.05) is 5.32 Å². The minimum absolute atomic E-state index is 0.332. The molecule has 5 nitrogen and oxygen atoms in total. The van der Waals surface area contributed by atoms with Crippen LogP contribution in [0.15, 0.2) is 60.9 Å². The molecule has 0 spiro atoms. The predicted molar refractivity (Wildman–Crippen MR) is 93.6 cm³/mol. The van der Waals surface area contributed by atoms with Crippen molar-refractivity contribution in [2.45, 2.75) is 6.10 Å². The van der Waals surface area contributed by atoms with Crippen molar-refractivity contribution in [3.8, 4) is 5.69 Å². The number of amides is 1. The van der Waals surface area contributed by atoms with Crippen LogP contribution in [0.5, 0.6) is 0 Å². The molecule has 0 saturated carbocycles. The van der Waals surface area contributed by atoms with Crippen LogP contribution in [0.4, 0.5) is 5.69 Å². The Kier molecular flexibility index (Phi) is 4.85. The van der Waals surface area contributed by atoms with E-state index in [0.29, 0.717) is 21.3 Å². The number of aliphatic hydroxyl groups excluding tert-OH is 1. The van der Waals surface area contributed by atoms with Crippen LogP contribution in [0.1, 0.15) is 11.7 Å². The highest BCUT2D eigenvalue weighted by molar-refractivity contribution is 6.34. The molecule has 1 unspecified atom stereocenters. The Morgan fingerprint density at radius 1 is 1.12 bits per heavy atom. The lowest BCUT2D eigenvalue weighted by Crippen LogP contribution is -2.20. The normalized spacial score (nSPS) is 12.0. The SMILES string of the molecule is O=C(Nc1ccc(-n2cccn2)cc1)C(O)c1cc(Cl)cc(Cl)c1. The highest BCUT2D eigenvalue weighted by atomic mass is 35.5. The molecule has 0 radical (unpaired) electrons. The first-order valence-corrected chi connectivity index (χ1v) is 7.83. The number of rotatable bonds is 4. The highest BCUT2D eigenvalue weighted by Crippen LogP contribution is 2.24. The molecule has 7 heteroatoms. The zero-order valence-corrected chi connectivity index (χ0v) is 13.9. The standard InChI is InChI=1S/C17H13Cl2N3O2/c18-12-8-11(9-13(19)10-12)16(23)17(24)21-14-2-4-15(5-3-14)22-7-1-6-20-22/h1-10,16,23H,(H,21,24). The van der Waals surface area contributed by atoms with E-state index in [1.54, 1.807) is 23.0 Å². The number of hydrogen-bond acceptors (Lipinski definition) is 3. The monoisotopic (exact) mass is 361 g/mol. The van der Waals surface area contributed by atoms with Gasteiger partial charge in [0.2, 0.25) is 0 Å². The Balaban J connectivity index is 1.72. The van der Waals surface area contributed by atoms with Gasteiger partial charge < -0.3 is 10.4 Å². The van der Waals surface area contributed by atoms with Gasteiger partial charge in [-0.1, -0.05) is 23.2 Å². The Morgan fingerprint density at radius 2 is 1.79 bits per heavy atom. The molecule has 1 heterocycles. The van der Waals surface area contributed by atoms with Gasteiger partial charge in [-0.3, -0.25) is 4.79 Å². The van der Waals surface area contributed by atoms with E-state index in [2.05, 4.69) is 10.4 Å². The summed E-state index contributed by atoms with van der Waals surface area (Å²) < 4.78 is 1.70. The minimum Gasteiger partial charge on any atom is -0.378 e. The molecule has 3 aromatic rings. The van der Waals surface area contributed by atoms with Gasteiger partial charge in [-0.15, -0.1) is 0 Å². The minimum atomic E-state index is -1.37. The van der Waals surface area contributed by atoms with E-state index in [1.165, 1.54) is 18.2 Å². The number of anilines is 1. The van der Waals surface area contributed by atoms with Crippen LogP contribution in [-0.2, 0) is 4.79 Å². The summed E-state index contributed by atoms with van der Waals surface area (Å²) in [6.07, 6.45) is 2.13. The fourth-order valence-electron chi connectivity index (χ4n) is 2.21. The zero-order chi connectivity index (χ0) is 17.1. The maximum absolute atomic E-state index is 12.2. The number of halogens is 2. The van der Waals surface area contributed by atoms with Gasteiger partial charge in [0.1, 0.15) is 0 Å². The molecule has 1 atom stereocenters. The smallest absolute Gasteiger partial charge is 0.257 e. The number of carbonyl (C=O) groups excluding carboxylic acids is 1. The van der Waals surface area contributed by atoms with Gasteiger partial charge in [0.05, 0.1) is 5.69 Å². The summed E-state index contributed by atoms with van der Waals surface area (Å²) in [6.45, 7) is 0. The largest absolute Gasteiger partial charge is 0.378 e. The molecule has 0 aliphatic carbocycles. The molecule has 3 rings (SSSR count). The number of aliphatic hydroxyl groups is 1. The van der Waals surface area contributed by atoms with Gasteiger partial charge in [0.25, 0.3) is 5.91 Å². The lowest BCUT2D eigenvalue weighted by atomic mass is 10.1. The Morgan fingerprint density at radius 3 is 2.38 bits per heavy atom. The van der Waals surface area contributed by atoms with E-state index in [9.17, 15) is 9.90 Å². The Hall–Kier alpha value is -2.34. The molecule has 0 saturated heterocycles. The third kappa shape index (κ3) is 3.76. The Bertz CT molecular complexity index is 829. The third-order valence-electron chi connectivity index (χ3n) is 3.35. The van der Waals surface area contributed by atoms with Crippen LogP contribution in [0.3, 0.4) is 0 Å². The third-order valence-corrected chi connectivity index (χ3v) is 3.79. The average molecular weight is 362 g/mol. The molecule has 0 aliphatic rings. The van der Waals surface area contributed by atoms with E-state index in [4.69, 9.17) is 23.2 Å². The maximum Gasteiger partial charge on any atom is 0.257 e. The number of hydrogen-bond donors (Lipinski definition) is 2.